The van der Waals surface area contributed by atoms with Gasteiger partial charge in [-0.2, -0.15) is 0 Å². The zero-order chi connectivity index (χ0) is 20.2. The normalized spacial score (nSPS) is 22.4. The zero-order valence-electron chi connectivity index (χ0n) is 17.9. The van der Waals surface area contributed by atoms with Crippen molar-refractivity contribution in [2.45, 2.75) is 128 Å². The fraction of sp³-hybridized carbons (Fsp3) is 0.955. The van der Waals surface area contributed by atoms with Gasteiger partial charge in [-0.3, -0.25) is 4.79 Å². The lowest BCUT2D eigenvalue weighted by molar-refractivity contribution is -0.296. The number of unbranched alkanes of at least 4 members (excludes halogenated alkanes) is 10. The van der Waals surface area contributed by atoms with Gasteiger partial charge in [0.25, 0.3) is 0 Å². The number of carboxylic acid groups (broad SMARTS) is 1. The van der Waals surface area contributed by atoms with Crippen LogP contribution in [0.5, 0.6) is 0 Å². The number of carbonyl (C=O) groups is 1. The van der Waals surface area contributed by atoms with Gasteiger partial charge in [-0.1, -0.05) is 71.1 Å². The van der Waals surface area contributed by atoms with E-state index in [1.54, 1.807) is 0 Å². The molecule has 1 aliphatic rings. The van der Waals surface area contributed by atoms with Crippen molar-refractivity contribution in [1.29, 1.82) is 0 Å². The Bertz CT molecular complexity index is 413. The van der Waals surface area contributed by atoms with Crippen molar-refractivity contribution in [3.05, 3.63) is 0 Å². The first-order chi connectivity index (χ1) is 12.8. The van der Waals surface area contributed by atoms with Crippen molar-refractivity contribution >= 4 is 5.97 Å². The molecule has 5 heteroatoms. The largest absolute Gasteiger partial charge is 0.481 e. The summed E-state index contributed by atoms with van der Waals surface area (Å²) in [6, 6.07) is 0. The summed E-state index contributed by atoms with van der Waals surface area (Å²) in [5.41, 5.74) is -1.35. The van der Waals surface area contributed by atoms with Crippen LogP contribution in [0.25, 0.3) is 0 Å². The second kappa shape index (κ2) is 12.7. The molecule has 0 saturated carbocycles. The summed E-state index contributed by atoms with van der Waals surface area (Å²) in [7, 11) is 0. The van der Waals surface area contributed by atoms with E-state index in [9.17, 15) is 10.0 Å². The van der Waals surface area contributed by atoms with Crippen LogP contribution < -0.4 is 0 Å². The smallest absolute Gasteiger partial charge is 0.303 e. The molecule has 1 atom stereocenters. The van der Waals surface area contributed by atoms with Crippen LogP contribution in [-0.2, 0) is 14.7 Å². The lowest BCUT2D eigenvalue weighted by Gasteiger charge is -2.35. The first-order valence-corrected chi connectivity index (χ1v) is 11.2. The second-order valence-electron chi connectivity index (χ2n) is 8.87. The predicted octanol–water partition coefficient (Wildman–Crippen LogP) is 6.10. The molecule has 0 aromatic heterocycles. The van der Waals surface area contributed by atoms with Gasteiger partial charge in [0.05, 0.1) is 12.1 Å². The summed E-state index contributed by atoms with van der Waals surface area (Å²) in [5.74, 6) is -0.811. The Morgan fingerprint density at radius 3 is 1.81 bits per heavy atom. The maximum Gasteiger partial charge on any atom is 0.303 e. The Kier molecular flexibility index (Phi) is 11.5. The summed E-state index contributed by atoms with van der Waals surface area (Å²) < 4.78 is 5.96. The summed E-state index contributed by atoms with van der Waals surface area (Å²) in [5, 5.41) is 22.8. The monoisotopic (exact) mass is 384 g/mol. The third kappa shape index (κ3) is 8.93. The Balaban J connectivity index is 2.23. The van der Waals surface area contributed by atoms with Crippen molar-refractivity contribution in [2.75, 3.05) is 6.61 Å². The lowest BCUT2D eigenvalue weighted by Crippen LogP contribution is -2.49. The highest BCUT2D eigenvalue weighted by atomic mass is 16.6. The maximum atomic E-state index is 12.8. The highest BCUT2D eigenvalue weighted by Crippen LogP contribution is 2.40. The molecule has 5 nitrogen and oxygen atoms in total. The molecule has 159 valence electrons. The molecule has 1 fully saturated rings. The number of hydroxylamine groups is 2. The molecule has 0 spiro atoms. The van der Waals surface area contributed by atoms with Gasteiger partial charge in [0.1, 0.15) is 5.72 Å². The molecule has 1 N–H and O–H groups in total. The van der Waals surface area contributed by atoms with Crippen molar-refractivity contribution in [3.63, 3.8) is 0 Å². The van der Waals surface area contributed by atoms with Gasteiger partial charge in [-0.05, 0) is 39.5 Å². The minimum Gasteiger partial charge on any atom is -0.481 e. The van der Waals surface area contributed by atoms with Crippen LogP contribution in [0.3, 0.4) is 0 Å². The minimum atomic E-state index is -0.821. The van der Waals surface area contributed by atoms with Gasteiger partial charge in [-0.15, -0.1) is 10.3 Å². The molecule has 1 heterocycles. The number of carboxylic acids is 1. The lowest BCUT2D eigenvalue weighted by atomic mass is 9.95. The average Bonchev–Trinajstić information content (AvgIpc) is 2.84. The molecule has 0 aromatic rings. The van der Waals surface area contributed by atoms with E-state index >= 15 is 0 Å². The molecule has 1 unspecified atom stereocenters. The number of nitrogens with zero attached hydrogens (tertiary/aromatic N) is 1. The Hall–Kier alpha value is -0.650. The van der Waals surface area contributed by atoms with E-state index in [1.807, 2.05) is 13.8 Å². The van der Waals surface area contributed by atoms with Gasteiger partial charge in [-0.25, -0.2) is 0 Å². The quantitative estimate of drug-likeness (QED) is 0.327. The van der Waals surface area contributed by atoms with E-state index in [0.29, 0.717) is 25.9 Å². The number of aliphatic carboxylic acids is 1. The highest BCUT2D eigenvalue weighted by Gasteiger charge is 2.51. The number of rotatable bonds is 16. The number of hydrogen-bond acceptors (Lipinski definition) is 3. The average molecular weight is 385 g/mol. The fourth-order valence-electron chi connectivity index (χ4n) is 4.03. The predicted molar refractivity (Wildman–Crippen MR) is 108 cm³/mol. The van der Waals surface area contributed by atoms with Crippen LogP contribution in [0.1, 0.15) is 117 Å². The van der Waals surface area contributed by atoms with E-state index in [2.05, 4.69) is 6.92 Å². The van der Waals surface area contributed by atoms with Crippen molar-refractivity contribution in [1.82, 2.24) is 5.06 Å². The van der Waals surface area contributed by atoms with Gasteiger partial charge in [0.15, 0.2) is 0 Å². The molecule has 0 amide bonds. The summed E-state index contributed by atoms with van der Waals surface area (Å²) in [4.78, 5) is 10.8. The molecule has 27 heavy (non-hydrogen) atoms. The van der Waals surface area contributed by atoms with Crippen LogP contribution in [0.2, 0.25) is 0 Å². The molecule has 0 aliphatic carbocycles. The van der Waals surface area contributed by atoms with Gasteiger partial charge in [0, 0.05) is 6.42 Å². The summed E-state index contributed by atoms with van der Waals surface area (Å²) in [6.07, 6.45) is 15.8. The van der Waals surface area contributed by atoms with Crippen LogP contribution in [0.4, 0.5) is 0 Å². The number of hydrogen-bond donors (Lipinski definition) is 1. The van der Waals surface area contributed by atoms with Crippen LogP contribution >= 0.6 is 0 Å². The van der Waals surface area contributed by atoms with E-state index in [0.717, 1.165) is 17.9 Å². The molecular formula is C22H42NO4. The first kappa shape index (κ1) is 24.4. The van der Waals surface area contributed by atoms with Gasteiger partial charge in [0.2, 0.25) is 0 Å². The van der Waals surface area contributed by atoms with Crippen LogP contribution in [0, 0.1) is 0 Å². The molecule has 1 radical (unpaired) electrons. The summed E-state index contributed by atoms with van der Waals surface area (Å²) in [6.45, 7) is 6.47. The topological polar surface area (TPSA) is 69.7 Å². The first-order valence-electron chi connectivity index (χ1n) is 11.2. The summed E-state index contributed by atoms with van der Waals surface area (Å²) >= 11 is 0. The van der Waals surface area contributed by atoms with Crippen molar-refractivity contribution in [2.24, 2.45) is 0 Å². The third-order valence-corrected chi connectivity index (χ3v) is 5.74. The number of ether oxygens (including phenoxy) is 1. The molecule has 1 rings (SSSR count). The second-order valence-corrected chi connectivity index (χ2v) is 8.87. The van der Waals surface area contributed by atoms with Crippen molar-refractivity contribution < 1.29 is 19.8 Å². The minimum absolute atomic E-state index is 0.0949. The standard InChI is InChI=1S/C22H42NO4/c1-4-5-6-7-8-9-10-11-12-13-14-17-22(18-15-16-20(24)25)23(26)21(2,3)19-27-22/h4-19H2,1-3H3,(H,24,25). The Morgan fingerprint density at radius 2 is 1.37 bits per heavy atom. The highest BCUT2D eigenvalue weighted by molar-refractivity contribution is 5.66. The van der Waals surface area contributed by atoms with E-state index < -0.39 is 17.2 Å². The zero-order valence-corrected chi connectivity index (χ0v) is 17.9. The molecular weight excluding hydrogens is 342 g/mol. The van der Waals surface area contributed by atoms with E-state index in [4.69, 9.17) is 9.84 Å². The Labute approximate surface area is 166 Å². The SMILES string of the molecule is CCCCCCCCCCCCCC1(CCCC(=O)O)OCC(C)(C)N1[O]. The van der Waals surface area contributed by atoms with Gasteiger partial charge >= 0.3 is 5.97 Å². The van der Waals surface area contributed by atoms with Crippen LogP contribution in [0.15, 0.2) is 0 Å². The fourth-order valence-corrected chi connectivity index (χ4v) is 4.03. The molecule has 1 saturated heterocycles. The molecule has 0 bridgehead atoms. The van der Waals surface area contributed by atoms with Crippen LogP contribution in [-0.4, -0.2) is 34.0 Å². The Morgan fingerprint density at radius 1 is 0.889 bits per heavy atom. The maximum absolute atomic E-state index is 12.8. The van der Waals surface area contributed by atoms with E-state index in [1.165, 1.54) is 57.8 Å². The van der Waals surface area contributed by atoms with Gasteiger partial charge < -0.3 is 9.84 Å². The third-order valence-electron chi connectivity index (χ3n) is 5.74. The molecule has 0 aromatic carbocycles. The molecule has 1 aliphatic heterocycles. The van der Waals surface area contributed by atoms with Crippen molar-refractivity contribution in [3.8, 4) is 0 Å². The van der Waals surface area contributed by atoms with E-state index in [-0.39, 0.29) is 6.42 Å².